The molecular weight excluding hydrogens is 338 g/mol. The highest BCUT2D eigenvalue weighted by atomic mass is 16.3. The maximum atomic E-state index is 12.0. The van der Waals surface area contributed by atoms with Crippen molar-refractivity contribution in [3.05, 3.63) is 23.8 Å². The molecule has 4 heteroatoms. The number of nitrogens with zero attached hydrogens (tertiary/aromatic N) is 1. The third-order valence-electron chi connectivity index (χ3n) is 6.12. The van der Waals surface area contributed by atoms with E-state index < -0.39 is 0 Å². The Balaban J connectivity index is 1.77. The summed E-state index contributed by atoms with van der Waals surface area (Å²) in [7, 11) is 3.60. The summed E-state index contributed by atoms with van der Waals surface area (Å²) in [6.45, 7) is 2.14. The van der Waals surface area contributed by atoms with Crippen molar-refractivity contribution in [2.45, 2.75) is 77.2 Å². The summed E-state index contributed by atoms with van der Waals surface area (Å²) in [4.78, 5) is 25.3. The van der Waals surface area contributed by atoms with Crippen LogP contribution in [0.15, 0.2) is 23.8 Å². The normalized spacial score (nSPS) is 27.0. The zero-order chi connectivity index (χ0) is 19.8. The summed E-state index contributed by atoms with van der Waals surface area (Å²) in [6, 6.07) is 0. The van der Waals surface area contributed by atoms with Crippen molar-refractivity contribution < 1.29 is 14.7 Å². The molecule has 0 radical (unpaired) electrons. The fourth-order valence-electron chi connectivity index (χ4n) is 4.49. The molecule has 27 heavy (non-hydrogen) atoms. The predicted molar refractivity (Wildman–Crippen MR) is 109 cm³/mol. The number of carbonyl (C=O) groups is 2. The maximum Gasteiger partial charge on any atom is 0.222 e. The van der Waals surface area contributed by atoms with Crippen molar-refractivity contribution in [3.63, 3.8) is 0 Å². The fraction of sp³-hybridized carbons (Fsp3) is 0.739. The average molecular weight is 376 g/mol. The number of allylic oxidation sites excluding steroid dienone is 3. The quantitative estimate of drug-likeness (QED) is 0.333. The standard InChI is InChI=1S/C23H37NO3/c1-4-5-6-10-19(25)12-13-20-21-15-17(14-18(21)16-22(20)26)9-7-8-11-23(27)24(2)3/h12-14,18,20-22,26H,4-11,15-16H2,1-3H3/b13-12+/t18-,20+,21-,22+/m0/s1. The minimum Gasteiger partial charge on any atom is -0.392 e. The van der Waals surface area contributed by atoms with E-state index in [-0.39, 0.29) is 23.7 Å². The number of rotatable bonds is 11. The third kappa shape index (κ3) is 6.60. The summed E-state index contributed by atoms with van der Waals surface area (Å²) >= 11 is 0. The molecule has 0 spiro atoms. The van der Waals surface area contributed by atoms with Crippen LogP contribution in [0.2, 0.25) is 0 Å². The Hall–Kier alpha value is -1.42. The summed E-state index contributed by atoms with van der Waals surface area (Å²) in [5.74, 6) is 1.38. The topological polar surface area (TPSA) is 57.6 Å². The van der Waals surface area contributed by atoms with Gasteiger partial charge in [0.05, 0.1) is 6.10 Å². The molecule has 2 rings (SSSR count). The van der Waals surface area contributed by atoms with E-state index in [0.717, 1.165) is 51.4 Å². The van der Waals surface area contributed by atoms with E-state index in [9.17, 15) is 14.7 Å². The van der Waals surface area contributed by atoms with Crippen molar-refractivity contribution in [1.82, 2.24) is 4.90 Å². The SMILES string of the molecule is CCCCCC(=O)/C=C/[C@@H]1[C@H]2CC(CCCCC(=O)N(C)C)=C[C@H]2C[C@H]1O. The summed E-state index contributed by atoms with van der Waals surface area (Å²) in [6.07, 6.45) is 15.0. The van der Waals surface area contributed by atoms with Gasteiger partial charge in [0, 0.05) is 32.9 Å². The highest BCUT2D eigenvalue weighted by molar-refractivity contribution is 5.89. The molecule has 0 heterocycles. The molecule has 1 amide bonds. The zero-order valence-corrected chi connectivity index (χ0v) is 17.3. The molecule has 1 N–H and O–H groups in total. The van der Waals surface area contributed by atoms with Gasteiger partial charge in [-0.1, -0.05) is 37.5 Å². The first kappa shape index (κ1) is 21.9. The van der Waals surface area contributed by atoms with Gasteiger partial charge in [-0.25, -0.2) is 0 Å². The largest absolute Gasteiger partial charge is 0.392 e. The molecule has 0 aromatic carbocycles. The molecule has 152 valence electrons. The highest BCUT2D eigenvalue weighted by Gasteiger charge is 2.43. The van der Waals surface area contributed by atoms with Crippen molar-refractivity contribution in [2.24, 2.45) is 17.8 Å². The van der Waals surface area contributed by atoms with Crippen molar-refractivity contribution in [1.29, 1.82) is 0 Å². The second-order valence-corrected chi connectivity index (χ2v) is 8.51. The van der Waals surface area contributed by atoms with Gasteiger partial charge in [-0.15, -0.1) is 0 Å². The van der Waals surface area contributed by atoms with Crippen molar-refractivity contribution in [3.8, 4) is 0 Å². The molecule has 0 unspecified atom stereocenters. The van der Waals surface area contributed by atoms with Crippen LogP contribution in [0, 0.1) is 17.8 Å². The van der Waals surface area contributed by atoms with Gasteiger partial charge >= 0.3 is 0 Å². The van der Waals surface area contributed by atoms with Crippen LogP contribution in [0.1, 0.15) is 71.1 Å². The second-order valence-electron chi connectivity index (χ2n) is 8.51. The second kappa shape index (κ2) is 10.8. The van der Waals surface area contributed by atoms with E-state index in [1.54, 1.807) is 25.1 Å². The van der Waals surface area contributed by atoms with Gasteiger partial charge in [0.25, 0.3) is 0 Å². The van der Waals surface area contributed by atoms with E-state index in [0.29, 0.717) is 24.7 Å². The Morgan fingerprint density at radius 1 is 1.19 bits per heavy atom. The van der Waals surface area contributed by atoms with Crippen LogP contribution in [-0.2, 0) is 9.59 Å². The van der Waals surface area contributed by atoms with Crippen LogP contribution < -0.4 is 0 Å². The van der Waals surface area contributed by atoms with Crippen LogP contribution in [0.3, 0.4) is 0 Å². The molecule has 2 aliphatic rings. The van der Waals surface area contributed by atoms with Gasteiger partial charge in [0.2, 0.25) is 5.91 Å². The molecule has 4 nitrogen and oxygen atoms in total. The monoisotopic (exact) mass is 375 g/mol. The lowest BCUT2D eigenvalue weighted by molar-refractivity contribution is -0.128. The van der Waals surface area contributed by atoms with Crippen LogP contribution in [0.5, 0.6) is 0 Å². The number of hydrogen-bond donors (Lipinski definition) is 1. The van der Waals surface area contributed by atoms with E-state index in [4.69, 9.17) is 0 Å². The van der Waals surface area contributed by atoms with E-state index >= 15 is 0 Å². The lowest BCUT2D eigenvalue weighted by Gasteiger charge is -2.18. The average Bonchev–Trinajstić information content (AvgIpc) is 3.13. The van der Waals surface area contributed by atoms with E-state index in [1.807, 2.05) is 6.08 Å². The minimum absolute atomic E-state index is 0.106. The molecule has 0 aliphatic heterocycles. The van der Waals surface area contributed by atoms with Crippen LogP contribution in [0.4, 0.5) is 0 Å². The Bertz CT molecular complexity index is 564. The number of amides is 1. The summed E-state index contributed by atoms with van der Waals surface area (Å²) < 4.78 is 0. The Kier molecular flexibility index (Phi) is 8.75. The molecule has 0 aromatic rings. The number of fused-ring (bicyclic) bond motifs is 1. The van der Waals surface area contributed by atoms with Gasteiger partial charge in [0.1, 0.15) is 0 Å². The van der Waals surface area contributed by atoms with Gasteiger partial charge in [-0.05, 0) is 56.4 Å². The lowest BCUT2D eigenvalue weighted by Crippen LogP contribution is -2.21. The lowest BCUT2D eigenvalue weighted by atomic mass is 9.88. The van der Waals surface area contributed by atoms with Crippen LogP contribution in [0.25, 0.3) is 0 Å². The Labute approximate surface area is 164 Å². The zero-order valence-electron chi connectivity index (χ0n) is 17.3. The number of ketones is 1. The molecule has 2 aliphatic carbocycles. The van der Waals surface area contributed by atoms with Gasteiger partial charge in [0.15, 0.2) is 5.78 Å². The van der Waals surface area contributed by atoms with Gasteiger partial charge < -0.3 is 10.0 Å². The smallest absolute Gasteiger partial charge is 0.222 e. The number of aliphatic hydroxyl groups is 1. The number of aliphatic hydroxyl groups excluding tert-OH is 1. The van der Waals surface area contributed by atoms with Crippen molar-refractivity contribution in [2.75, 3.05) is 14.1 Å². The van der Waals surface area contributed by atoms with Gasteiger partial charge in [-0.2, -0.15) is 0 Å². The first-order valence-electron chi connectivity index (χ1n) is 10.7. The molecule has 0 aromatic heterocycles. The Morgan fingerprint density at radius 3 is 2.63 bits per heavy atom. The number of hydrogen-bond acceptors (Lipinski definition) is 3. The first-order valence-corrected chi connectivity index (χ1v) is 10.7. The van der Waals surface area contributed by atoms with Crippen molar-refractivity contribution >= 4 is 11.7 Å². The molecular formula is C23H37NO3. The molecule has 0 bridgehead atoms. The maximum absolute atomic E-state index is 12.0. The summed E-state index contributed by atoms with van der Waals surface area (Å²) in [5.41, 5.74) is 1.47. The molecule has 1 fully saturated rings. The van der Waals surface area contributed by atoms with Crippen LogP contribution in [-0.4, -0.2) is 41.9 Å². The first-order chi connectivity index (χ1) is 12.9. The summed E-state index contributed by atoms with van der Waals surface area (Å²) in [5, 5.41) is 10.4. The minimum atomic E-state index is -0.324. The molecule has 4 atom stereocenters. The number of carbonyl (C=O) groups excluding carboxylic acids is 2. The van der Waals surface area contributed by atoms with E-state index in [1.165, 1.54) is 5.57 Å². The highest BCUT2D eigenvalue weighted by Crippen LogP contribution is 2.48. The Morgan fingerprint density at radius 2 is 1.93 bits per heavy atom. The molecule has 1 saturated carbocycles. The van der Waals surface area contributed by atoms with Crippen LogP contribution >= 0.6 is 0 Å². The molecule has 0 saturated heterocycles. The van der Waals surface area contributed by atoms with E-state index in [2.05, 4.69) is 13.0 Å². The fourth-order valence-corrected chi connectivity index (χ4v) is 4.49. The predicted octanol–water partition coefficient (Wildman–Crippen LogP) is 4.28. The number of unbranched alkanes of at least 4 members (excludes halogenated alkanes) is 3. The van der Waals surface area contributed by atoms with Gasteiger partial charge in [-0.3, -0.25) is 9.59 Å². The third-order valence-corrected chi connectivity index (χ3v) is 6.12.